The van der Waals surface area contributed by atoms with Crippen molar-refractivity contribution in [2.75, 3.05) is 13.1 Å². The van der Waals surface area contributed by atoms with Crippen molar-refractivity contribution in [3.05, 3.63) is 36.4 Å². The van der Waals surface area contributed by atoms with Crippen LogP contribution < -0.4 is 33.2 Å². The van der Waals surface area contributed by atoms with Crippen molar-refractivity contribution < 1.29 is 24.3 Å². The standard InChI is InChI=1S/C24H40N10O5/c25-7-3-1-5-17(27)21(35)33-19(9-15-11-28-13-30-15)23(37)34-20(10-16-12-29-14-31-16)22(36)32-18(24(38)39)6-2-4-8-26/h11-14,17-20H,1-10,25-27H2,(H,28,30)(H,29,31)(H,32,36)(H,33,35)(H,34,37)(H,38,39). The quantitative estimate of drug-likeness (QED) is 0.0875. The fraction of sp³-hybridized carbons (Fsp3) is 0.583. The number of carbonyl (C=O) groups is 4. The fourth-order valence-electron chi connectivity index (χ4n) is 3.86. The molecule has 15 nitrogen and oxygen atoms in total. The van der Waals surface area contributed by atoms with Gasteiger partial charge in [0.25, 0.3) is 0 Å². The summed E-state index contributed by atoms with van der Waals surface area (Å²) in [5.74, 6) is -3.06. The first-order valence-corrected chi connectivity index (χ1v) is 13.0. The number of imidazole rings is 2. The summed E-state index contributed by atoms with van der Waals surface area (Å²) in [5.41, 5.74) is 18.1. The number of rotatable bonds is 19. The molecule has 0 aliphatic rings. The maximum absolute atomic E-state index is 13.4. The molecule has 2 rings (SSSR count). The van der Waals surface area contributed by atoms with E-state index in [1.807, 2.05) is 0 Å². The van der Waals surface area contributed by atoms with Gasteiger partial charge in [-0.1, -0.05) is 6.42 Å². The van der Waals surface area contributed by atoms with Crippen molar-refractivity contribution in [3.63, 3.8) is 0 Å². The molecule has 15 heteroatoms. The van der Waals surface area contributed by atoms with Gasteiger partial charge >= 0.3 is 5.97 Å². The number of unbranched alkanes of at least 4 members (excludes halogenated alkanes) is 2. The molecule has 0 aliphatic carbocycles. The van der Waals surface area contributed by atoms with E-state index in [2.05, 4.69) is 35.9 Å². The smallest absolute Gasteiger partial charge is 0.326 e. The molecular formula is C24H40N10O5. The average molecular weight is 549 g/mol. The van der Waals surface area contributed by atoms with E-state index in [1.54, 1.807) is 0 Å². The number of amides is 3. The van der Waals surface area contributed by atoms with Crippen molar-refractivity contribution >= 4 is 23.7 Å². The minimum Gasteiger partial charge on any atom is -0.480 e. The van der Waals surface area contributed by atoms with Gasteiger partial charge in [-0.15, -0.1) is 0 Å². The van der Waals surface area contributed by atoms with Crippen LogP contribution in [0.1, 0.15) is 49.9 Å². The maximum atomic E-state index is 13.4. The number of carboxylic acids is 1. The number of carboxylic acid groups (broad SMARTS) is 1. The molecule has 4 unspecified atom stereocenters. The van der Waals surface area contributed by atoms with Crippen LogP contribution in [0.4, 0.5) is 0 Å². The fourth-order valence-corrected chi connectivity index (χ4v) is 3.86. The first kappa shape index (κ1) is 31.4. The normalized spacial score (nSPS) is 14.1. The molecule has 0 aliphatic heterocycles. The highest BCUT2D eigenvalue weighted by atomic mass is 16.4. The Bertz CT molecular complexity index is 1010. The van der Waals surface area contributed by atoms with Gasteiger partial charge in [0.05, 0.1) is 18.7 Å². The molecule has 4 atom stereocenters. The Kier molecular flexibility index (Phi) is 13.6. The van der Waals surface area contributed by atoms with Gasteiger partial charge in [0.15, 0.2) is 0 Å². The molecule has 2 aromatic heterocycles. The van der Waals surface area contributed by atoms with Gasteiger partial charge in [0, 0.05) is 36.6 Å². The van der Waals surface area contributed by atoms with Crippen LogP contribution in [0.5, 0.6) is 0 Å². The Morgan fingerprint density at radius 2 is 1.21 bits per heavy atom. The van der Waals surface area contributed by atoms with Crippen LogP contribution in [0.15, 0.2) is 25.0 Å². The van der Waals surface area contributed by atoms with Gasteiger partial charge in [-0.3, -0.25) is 14.4 Å². The summed E-state index contributed by atoms with van der Waals surface area (Å²) >= 11 is 0. The predicted octanol–water partition coefficient (Wildman–Crippen LogP) is -1.96. The summed E-state index contributed by atoms with van der Waals surface area (Å²) in [6.07, 6.45) is 9.01. The lowest BCUT2D eigenvalue weighted by atomic mass is 10.0. The van der Waals surface area contributed by atoms with Crippen LogP contribution in [0.3, 0.4) is 0 Å². The molecule has 2 heterocycles. The van der Waals surface area contributed by atoms with E-state index >= 15 is 0 Å². The van der Waals surface area contributed by atoms with Gasteiger partial charge in [-0.05, 0) is 45.2 Å². The minimum absolute atomic E-state index is 0.00996. The van der Waals surface area contributed by atoms with E-state index in [4.69, 9.17) is 17.2 Å². The minimum atomic E-state index is -1.19. The zero-order valence-electron chi connectivity index (χ0n) is 21.9. The van der Waals surface area contributed by atoms with E-state index in [0.29, 0.717) is 56.6 Å². The number of nitrogens with two attached hydrogens (primary N) is 3. The second kappa shape index (κ2) is 16.9. The van der Waals surface area contributed by atoms with E-state index in [1.165, 1.54) is 25.0 Å². The lowest BCUT2D eigenvalue weighted by molar-refractivity contribution is -0.142. The largest absolute Gasteiger partial charge is 0.480 e. The van der Waals surface area contributed by atoms with Crippen molar-refractivity contribution in [3.8, 4) is 0 Å². The second-order valence-electron chi connectivity index (χ2n) is 9.26. The monoisotopic (exact) mass is 548 g/mol. The number of hydrogen-bond donors (Lipinski definition) is 9. The molecule has 0 spiro atoms. The summed E-state index contributed by atoms with van der Waals surface area (Å²) in [5, 5.41) is 17.4. The summed E-state index contributed by atoms with van der Waals surface area (Å²) in [6, 6.07) is -4.25. The SMILES string of the molecule is NCCCCC(N)C(=O)NC(Cc1cnc[nH]1)C(=O)NC(Cc1cnc[nH]1)C(=O)NC(CCCCN)C(=O)O. The third kappa shape index (κ3) is 11.2. The number of carbonyl (C=O) groups excluding carboxylic acids is 3. The summed E-state index contributed by atoms with van der Waals surface area (Å²) in [7, 11) is 0. The number of aromatic nitrogens is 4. The van der Waals surface area contributed by atoms with E-state index in [-0.39, 0.29) is 19.3 Å². The first-order chi connectivity index (χ1) is 18.7. The van der Waals surface area contributed by atoms with E-state index < -0.39 is 47.9 Å². The summed E-state index contributed by atoms with van der Waals surface area (Å²) in [4.78, 5) is 64.7. The molecule has 0 aromatic carbocycles. The first-order valence-electron chi connectivity index (χ1n) is 13.0. The Balaban J connectivity index is 2.18. The maximum Gasteiger partial charge on any atom is 0.326 e. The van der Waals surface area contributed by atoms with Gasteiger partial charge < -0.3 is 48.2 Å². The lowest BCUT2D eigenvalue weighted by Gasteiger charge is -2.25. The second-order valence-corrected chi connectivity index (χ2v) is 9.26. The third-order valence-corrected chi connectivity index (χ3v) is 6.09. The molecule has 216 valence electrons. The van der Waals surface area contributed by atoms with Crippen molar-refractivity contribution in [1.82, 2.24) is 35.9 Å². The van der Waals surface area contributed by atoms with E-state index in [0.717, 1.165) is 0 Å². The number of hydrogen-bond acceptors (Lipinski definition) is 9. The van der Waals surface area contributed by atoms with Crippen LogP contribution >= 0.6 is 0 Å². The van der Waals surface area contributed by atoms with Crippen LogP contribution in [0.2, 0.25) is 0 Å². The Labute approximate surface area is 226 Å². The number of nitrogens with zero attached hydrogens (tertiary/aromatic N) is 2. The van der Waals surface area contributed by atoms with Gasteiger partial charge in [0.2, 0.25) is 17.7 Å². The average Bonchev–Trinajstić information content (AvgIpc) is 3.61. The molecule has 0 bridgehead atoms. The third-order valence-electron chi connectivity index (χ3n) is 6.09. The molecular weight excluding hydrogens is 508 g/mol. The number of H-pyrrole nitrogens is 2. The van der Waals surface area contributed by atoms with Crippen LogP contribution in [0.25, 0.3) is 0 Å². The molecule has 0 radical (unpaired) electrons. The lowest BCUT2D eigenvalue weighted by Crippen LogP contribution is -2.58. The summed E-state index contributed by atoms with van der Waals surface area (Å²) in [6.45, 7) is 0.883. The zero-order valence-corrected chi connectivity index (χ0v) is 21.9. The van der Waals surface area contributed by atoms with Crippen LogP contribution in [-0.2, 0) is 32.0 Å². The Hall–Kier alpha value is -3.82. The molecule has 3 amide bonds. The van der Waals surface area contributed by atoms with E-state index in [9.17, 15) is 24.3 Å². The van der Waals surface area contributed by atoms with Crippen molar-refractivity contribution in [2.45, 2.75) is 75.5 Å². The Morgan fingerprint density at radius 3 is 1.64 bits per heavy atom. The van der Waals surface area contributed by atoms with Crippen molar-refractivity contribution in [2.24, 2.45) is 17.2 Å². The van der Waals surface area contributed by atoms with Crippen LogP contribution in [-0.4, -0.2) is 86.0 Å². The number of aromatic amines is 2. The topological polar surface area (TPSA) is 260 Å². The predicted molar refractivity (Wildman–Crippen MR) is 142 cm³/mol. The molecule has 39 heavy (non-hydrogen) atoms. The highest BCUT2D eigenvalue weighted by Gasteiger charge is 2.31. The molecule has 12 N–H and O–H groups in total. The molecule has 0 saturated carbocycles. The molecule has 2 aromatic rings. The van der Waals surface area contributed by atoms with Gasteiger partial charge in [-0.2, -0.15) is 0 Å². The van der Waals surface area contributed by atoms with Gasteiger partial charge in [0.1, 0.15) is 18.1 Å². The number of nitrogens with one attached hydrogen (secondary N) is 5. The van der Waals surface area contributed by atoms with Crippen LogP contribution in [0, 0.1) is 0 Å². The zero-order chi connectivity index (χ0) is 28.6. The number of aliphatic carboxylic acids is 1. The molecule has 0 saturated heterocycles. The highest BCUT2D eigenvalue weighted by molar-refractivity contribution is 5.94. The Morgan fingerprint density at radius 1 is 0.744 bits per heavy atom. The highest BCUT2D eigenvalue weighted by Crippen LogP contribution is 2.07. The molecule has 0 fully saturated rings. The van der Waals surface area contributed by atoms with Crippen molar-refractivity contribution in [1.29, 1.82) is 0 Å². The summed E-state index contributed by atoms with van der Waals surface area (Å²) < 4.78 is 0. The van der Waals surface area contributed by atoms with Gasteiger partial charge in [-0.25, -0.2) is 14.8 Å².